The standard InChI is InChI=1S/C14H18N2O3S/c1-2-10-15-6-9(20-10)13(17)16-12-8-4-3-7(5-8)11(12)14(18)19/h6-8,11-12H,2-5H2,1H3,(H,16,17)(H,18,19)/t7-,8-,11-,12-/m0/s1. The van der Waals surface area contributed by atoms with Gasteiger partial charge in [0.1, 0.15) is 4.88 Å². The molecule has 2 bridgehead atoms. The number of thiazole rings is 1. The molecule has 1 aromatic heterocycles. The normalized spacial score (nSPS) is 31.4. The fourth-order valence-corrected chi connectivity index (χ4v) is 4.42. The minimum atomic E-state index is -0.777. The molecule has 1 heterocycles. The zero-order valence-corrected chi connectivity index (χ0v) is 12.2. The highest BCUT2D eigenvalue weighted by Crippen LogP contribution is 2.48. The molecule has 3 rings (SSSR count). The Hall–Kier alpha value is -1.43. The topological polar surface area (TPSA) is 79.3 Å². The molecule has 5 nitrogen and oxygen atoms in total. The second-order valence-electron chi connectivity index (χ2n) is 5.67. The summed E-state index contributed by atoms with van der Waals surface area (Å²) in [4.78, 5) is 28.4. The van der Waals surface area contributed by atoms with Crippen molar-refractivity contribution in [3.05, 3.63) is 16.1 Å². The maximum Gasteiger partial charge on any atom is 0.308 e. The number of nitrogens with zero attached hydrogens (tertiary/aromatic N) is 1. The predicted octanol–water partition coefficient (Wildman–Crippen LogP) is 1.93. The minimum absolute atomic E-state index is 0.175. The summed E-state index contributed by atoms with van der Waals surface area (Å²) < 4.78 is 0. The first kappa shape index (κ1) is 13.5. The molecule has 20 heavy (non-hydrogen) atoms. The maximum atomic E-state index is 12.2. The first-order chi connectivity index (χ1) is 9.60. The van der Waals surface area contributed by atoms with Gasteiger partial charge in [0.05, 0.1) is 17.1 Å². The molecule has 0 radical (unpaired) electrons. The van der Waals surface area contributed by atoms with Crippen molar-refractivity contribution in [3.63, 3.8) is 0 Å². The van der Waals surface area contributed by atoms with Crippen molar-refractivity contribution in [2.75, 3.05) is 0 Å². The molecule has 2 N–H and O–H groups in total. The number of aliphatic carboxylic acids is 1. The molecule has 4 atom stereocenters. The molecule has 2 aliphatic carbocycles. The number of rotatable bonds is 4. The highest BCUT2D eigenvalue weighted by Gasteiger charge is 2.51. The van der Waals surface area contributed by atoms with Gasteiger partial charge in [-0.05, 0) is 37.5 Å². The molecule has 2 aliphatic rings. The van der Waals surface area contributed by atoms with Crippen molar-refractivity contribution < 1.29 is 14.7 Å². The Labute approximate surface area is 121 Å². The van der Waals surface area contributed by atoms with Gasteiger partial charge >= 0.3 is 5.97 Å². The molecular formula is C14H18N2O3S. The third-order valence-electron chi connectivity index (χ3n) is 4.58. The molecule has 1 aromatic rings. The number of hydrogen-bond acceptors (Lipinski definition) is 4. The zero-order chi connectivity index (χ0) is 14.3. The predicted molar refractivity (Wildman–Crippen MR) is 74.7 cm³/mol. The van der Waals surface area contributed by atoms with Crippen LogP contribution in [-0.2, 0) is 11.2 Å². The molecule has 0 aliphatic heterocycles. The van der Waals surface area contributed by atoms with Gasteiger partial charge in [-0.3, -0.25) is 9.59 Å². The lowest BCUT2D eigenvalue weighted by atomic mass is 9.84. The number of carbonyl (C=O) groups excluding carboxylic acids is 1. The lowest BCUT2D eigenvalue weighted by Gasteiger charge is -2.28. The Morgan fingerprint density at radius 3 is 2.85 bits per heavy atom. The van der Waals surface area contributed by atoms with E-state index >= 15 is 0 Å². The van der Waals surface area contributed by atoms with Gasteiger partial charge in [-0.15, -0.1) is 11.3 Å². The highest BCUT2D eigenvalue weighted by atomic mass is 32.1. The maximum absolute atomic E-state index is 12.2. The quantitative estimate of drug-likeness (QED) is 0.889. The molecule has 108 valence electrons. The van der Waals surface area contributed by atoms with Crippen LogP contribution in [-0.4, -0.2) is 28.0 Å². The van der Waals surface area contributed by atoms with Gasteiger partial charge in [-0.25, -0.2) is 4.98 Å². The van der Waals surface area contributed by atoms with Crippen LogP contribution < -0.4 is 5.32 Å². The van der Waals surface area contributed by atoms with Crippen LogP contribution in [0.2, 0.25) is 0 Å². The number of aryl methyl sites for hydroxylation is 1. The number of carboxylic acid groups (broad SMARTS) is 1. The van der Waals surface area contributed by atoms with E-state index in [0.29, 0.717) is 10.8 Å². The van der Waals surface area contributed by atoms with Crippen LogP contribution in [0.3, 0.4) is 0 Å². The number of nitrogens with one attached hydrogen (secondary N) is 1. The Morgan fingerprint density at radius 2 is 2.20 bits per heavy atom. The SMILES string of the molecule is CCc1ncc(C(=O)N[C@H]2[C@H]3CC[C@@H](C3)[C@@H]2C(=O)O)s1. The van der Waals surface area contributed by atoms with E-state index in [4.69, 9.17) is 0 Å². The fourth-order valence-electron chi connectivity index (χ4n) is 3.66. The van der Waals surface area contributed by atoms with Gasteiger partial charge in [0.25, 0.3) is 5.91 Å². The molecule has 2 fully saturated rings. The number of aromatic nitrogens is 1. The average Bonchev–Trinajstić information content (AvgIpc) is 3.13. The Balaban J connectivity index is 1.73. The second-order valence-corrected chi connectivity index (χ2v) is 6.78. The van der Waals surface area contributed by atoms with Crippen LogP contribution in [0, 0.1) is 17.8 Å². The van der Waals surface area contributed by atoms with E-state index < -0.39 is 11.9 Å². The summed E-state index contributed by atoms with van der Waals surface area (Å²) in [7, 11) is 0. The monoisotopic (exact) mass is 294 g/mol. The van der Waals surface area contributed by atoms with E-state index in [2.05, 4.69) is 10.3 Å². The molecule has 0 saturated heterocycles. The number of amides is 1. The lowest BCUT2D eigenvalue weighted by Crippen LogP contribution is -2.46. The number of hydrogen-bond donors (Lipinski definition) is 2. The van der Waals surface area contributed by atoms with Crippen LogP contribution in [0.15, 0.2) is 6.20 Å². The smallest absolute Gasteiger partial charge is 0.308 e. The number of carbonyl (C=O) groups is 2. The van der Waals surface area contributed by atoms with E-state index in [1.54, 1.807) is 6.20 Å². The third kappa shape index (κ3) is 2.22. The van der Waals surface area contributed by atoms with Crippen molar-refractivity contribution in [2.24, 2.45) is 17.8 Å². The van der Waals surface area contributed by atoms with E-state index in [-0.39, 0.29) is 17.9 Å². The second kappa shape index (κ2) is 5.16. The van der Waals surface area contributed by atoms with Crippen molar-refractivity contribution >= 4 is 23.2 Å². The van der Waals surface area contributed by atoms with E-state index in [1.165, 1.54) is 11.3 Å². The van der Waals surface area contributed by atoms with Crippen molar-refractivity contribution in [1.82, 2.24) is 10.3 Å². The van der Waals surface area contributed by atoms with Crippen molar-refractivity contribution in [2.45, 2.75) is 38.6 Å². The molecule has 0 spiro atoms. The Kier molecular flexibility index (Phi) is 3.50. The minimum Gasteiger partial charge on any atom is -0.481 e. The Morgan fingerprint density at radius 1 is 1.45 bits per heavy atom. The van der Waals surface area contributed by atoms with Gasteiger partial charge < -0.3 is 10.4 Å². The first-order valence-corrected chi connectivity index (χ1v) is 7.90. The van der Waals surface area contributed by atoms with Gasteiger partial charge in [-0.2, -0.15) is 0 Å². The number of fused-ring (bicyclic) bond motifs is 2. The molecule has 0 aromatic carbocycles. The van der Waals surface area contributed by atoms with Crippen LogP contribution in [0.1, 0.15) is 40.9 Å². The van der Waals surface area contributed by atoms with Crippen LogP contribution in [0.25, 0.3) is 0 Å². The van der Waals surface area contributed by atoms with Gasteiger partial charge in [0, 0.05) is 6.04 Å². The lowest BCUT2D eigenvalue weighted by molar-refractivity contribution is -0.144. The van der Waals surface area contributed by atoms with E-state index in [1.807, 2.05) is 6.92 Å². The van der Waals surface area contributed by atoms with Crippen LogP contribution in [0.4, 0.5) is 0 Å². The van der Waals surface area contributed by atoms with Crippen molar-refractivity contribution in [3.8, 4) is 0 Å². The van der Waals surface area contributed by atoms with Gasteiger partial charge in [0.2, 0.25) is 0 Å². The largest absolute Gasteiger partial charge is 0.481 e. The van der Waals surface area contributed by atoms with Crippen LogP contribution in [0.5, 0.6) is 0 Å². The molecule has 2 saturated carbocycles. The molecule has 6 heteroatoms. The summed E-state index contributed by atoms with van der Waals surface area (Å²) in [5.41, 5.74) is 0. The summed E-state index contributed by atoms with van der Waals surface area (Å²) in [6.45, 7) is 2.00. The summed E-state index contributed by atoms with van der Waals surface area (Å²) >= 11 is 1.38. The average molecular weight is 294 g/mol. The molecular weight excluding hydrogens is 276 g/mol. The number of carboxylic acids is 1. The van der Waals surface area contributed by atoms with Crippen molar-refractivity contribution in [1.29, 1.82) is 0 Å². The summed E-state index contributed by atoms with van der Waals surface area (Å²) in [5, 5.41) is 13.2. The highest BCUT2D eigenvalue weighted by molar-refractivity contribution is 7.13. The third-order valence-corrected chi connectivity index (χ3v) is 5.72. The van der Waals surface area contributed by atoms with E-state index in [9.17, 15) is 14.7 Å². The zero-order valence-electron chi connectivity index (χ0n) is 11.3. The summed E-state index contributed by atoms with van der Waals surface area (Å²) in [5.74, 6) is -0.817. The Bertz CT molecular complexity index is 542. The molecule has 0 unspecified atom stereocenters. The van der Waals surface area contributed by atoms with E-state index in [0.717, 1.165) is 30.7 Å². The van der Waals surface area contributed by atoms with Gasteiger partial charge in [-0.1, -0.05) is 6.92 Å². The van der Waals surface area contributed by atoms with Gasteiger partial charge in [0.15, 0.2) is 0 Å². The summed E-state index contributed by atoms with van der Waals surface area (Å²) in [6.07, 6.45) is 5.34. The summed E-state index contributed by atoms with van der Waals surface area (Å²) in [6, 6.07) is -0.217. The van der Waals surface area contributed by atoms with Crippen LogP contribution >= 0.6 is 11.3 Å². The fraction of sp³-hybridized carbons (Fsp3) is 0.643. The molecule has 1 amide bonds. The first-order valence-electron chi connectivity index (χ1n) is 7.08.